The molecule has 0 aliphatic heterocycles. The highest BCUT2D eigenvalue weighted by Crippen LogP contribution is 2.49. The standard InChI is InChI=1S/C15H22N2O2/c1-3-6-15(7-8-15)10-17-13-5-4-11(9-12(13)16)14(18)19-2/h4-5,9,17H,3,6-8,10,16H2,1-2H3. The Morgan fingerprint density at radius 3 is 2.74 bits per heavy atom. The van der Waals surface area contributed by atoms with Crippen LogP contribution in [0.3, 0.4) is 0 Å². The average molecular weight is 262 g/mol. The number of nitrogens with one attached hydrogen (secondary N) is 1. The second-order valence-corrected chi connectivity index (χ2v) is 5.40. The van der Waals surface area contributed by atoms with Crippen molar-refractivity contribution in [2.45, 2.75) is 32.6 Å². The Bertz CT molecular complexity index is 467. The highest BCUT2D eigenvalue weighted by atomic mass is 16.5. The number of nitrogen functional groups attached to an aromatic ring is 1. The minimum absolute atomic E-state index is 0.358. The largest absolute Gasteiger partial charge is 0.465 e. The molecule has 1 aromatic carbocycles. The second kappa shape index (κ2) is 5.51. The highest BCUT2D eigenvalue weighted by molar-refractivity contribution is 5.91. The number of carbonyl (C=O) groups is 1. The van der Waals surface area contributed by atoms with Crippen LogP contribution in [0.5, 0.6) is 0 Å². The molecule has 104 valence electrons. The lowest BCUT2D eigenvalue weighted by molar-refractivity contribution is 0.0601. The molecule has 0 aromatic heterocycles. The van der Waals surface area contributed by atoms with Gasteiger partial charge in [-0.3, -0.25) is 0 Å². The number of benzene rings is 1. The Hall–Kier alpha value is -1.71. The predicted octanol–water partition coefficient (Wildman–Crippen LogP) is 3.05. The van der Waals surface area contributed by atoms with Gasteiger partial charge in [0, 0.05) is 6.54 Å². The van der Waals surface area contributed by atoms with Gasteiger partial charge in [-0.05, 0) is 42.9 Å². The maximum absolute atomic E-state index is 11.4. The van der Waals surface area contributed by atoms with Gasteiger partial charge in [-0.25, -0.2) is 4.79 Å². The van der Waals surface area contributed by atoms with Crippen molar-refractivity contribution < 1.29 is 9.53 Å². The van der Waals surface area contributed by atoms with E-state index in [9.17, 15) is 4.79 Å². The van der Waals surface area contributed by atoms with Crippen molar-refractivity contribution >= 4 is 17.3 Å². The zero-order valence-corrected chi connectivity index (χ0v) is 11.7. The molecule has 19 heavy (non-hydrogen) atoms. The first-order chi connectivity index (χ1) is 9.10. The quantitative estimate of drug-likeness (QED) is 0.611. The van der Waals surface area contributed by atoms with E-state index in [1.54, 1.807) is 12.1 Å². The van der Waals surface area contributed by atoms with Crippen molar-refractivity contribution in [3.8, 4) is 0 Å². The van der Waals surface area contributed by atoms with Gasteiger partial charge in [-0.15, -0.1) is 0 Å². The molecular formula is C15H22N2O2. The predicted molar refractivity (Wildman–Crippen MR) is 77.3 cm³/mol. The molecule has 0 heterocycles. The van der Waals surface area contributed by atoms with E-state index in [2.05, 4.69) is 17.0 Å². The molecule has 3 N–H and O–H groups in total. The Labute approximate surface area is 114 Å². The Balaban J connectivity index is 2.00. The average Bonchev–Trinajstić information content (AvgIpc) is 3.17. The molecule has 1 saturated carbocycles. The van der Waals surface area contributed by atoms with Crippen LogP contribution in [0, 0.1) is 5.41 Å². The zero-order chi connectivity index (χ0) is 13.9. The number of carbonyl (C=O) groups excluding carboxylic acids is 1. The van der Waals surface area contributed by atoms with Crippen LogP contribution >= 0.6 is 0 Å². The Morgan fingerprint density at radius 1 is 1.47 bits per heavy atom. The number of hydrogen-bond donors (Lipinski definition) is 2. The number of esters is 1. The van der Waals surface area contributed by atoms with Gasteiger partial charge in [0.15, 0.2) is 0 Å². The molecule has 0 atom stereocenters. The van der Waals surface area contributed by atoms with Crippen molar-refractivity contribution in [1.29, 1.82) is 0 Å². The van der Waals surface area contributed by atoms with Gasteiger partial charge in [0.1, 0.15) is 0 Å². The smallest absolute Gasteiger partial charge is 0.337 e. The number of methoxy groups -OCH3 is 1. The van der Waals surface area contributed by atoms with E-state index in [0.717, 1.165) is 12.2 Å². The van der Waals surface area contributed by atoms with Crippen LogP contribution < -0.4 is 11.1 Å². The van der Waals surface area contributed by atoms with Gasteiger partial charge in [0.25, 0.3) is 0 Å². The van der Waals surface area contributed by atoms with E-state index in [-0.39, 0.29) is 5.97 Å². The van der Waals surface area contributed by atoms with E-state index in [0.29, 0.717) is 16.7 Å². The number of nitrogens with two attached hydrogens (primary N) is 1. The summed E-state index contributed by atoms with van der Waals surface area (Å²) in [6, 6.07) is 5.25. The van der Waals surface area contributed by atoms with Crippen molar-refractivity contribution in [2.75, 3.05) is 24.7 Å². The monoisotopic (exact) mass is 262 g/mol. The molecule has 1 aliphatic rings. The van der Waals surface area contributed by atoms with Gasteiger partial charge < -0.3 is 15.8 Å². The molecule has 1 aliphatic carbocycles. The zero-order valence-electron chi connectivity index (χ0n) is 11.7. The first-order valence-corrected chi connectivity index (χ1v) is 6.82. The third kappa shape index (κ3) is 3.19. The molecule has 0 saturated heterocycles. The number of hydrogen-bond acceptors (Lipinski definition) is 4. The molecule has 1 fully saturated rings. The van der Waals surface area contributed by atoms with E-state index in [1.807, 2.05) is 6.07 Å². The summed E-state index contributed by atoms with van der Waals surface area (Å²) in [6.07, 6.45) is 5.08. The Kier molecular flexibility index (Phi) is 3.98. The third-order valence-electron chi connectivity index (χ3n) is 3.86. The minimum atomic E-state index is -0.358. The highest BCUT2D eigenvalue weighted by Gasteiger charge is 2.41. The lowest BCUT2D eigenvalue weighted by Gasteiger charge is -2.17. The summed E-state index contributed by atoms with van der Waals surface area (Å²) in [6.45, 7) is 3.18. The molecular weight excluding hydrogens is 240 g/mol. The lowest BCUT2D eigenvalue weighted by Crippen LogP contribution is -2.16. The van der Waals surface area contributed by atoms with Gasteiger partial charge in [-0.2, -0.15) is 0 Å². The van der Waals surface area contributed by atoms with Crippen molar-refractivity contribution in [3.63, 3.8) is 0 Å². The van der Waals surface area contributed by atoms with Crippen LogP contribution in [0.4, 0.5) is 11.4 Å². The fourth-order valence-corrected chi connectivity index (χ4v) is 2.47. The summed E-state index contributed by atoms with van der Waals surface area (Å²) in [5.41, 5.74) is 8.42. The first-order valence-electron chi connectivity index (χ1n) is 6.82. The summed E-state index contributed by atoms with van der Waals surface area (Å²) in [4.78, 5) is 11.4. The van der Waals surface area contributed by atoms with Crippen LogP contribution in [-0.4, -0.2) is 19.6 Å². The van der Waals surface area contributed by atoms with Crippen LogP contribution in [-0.2, 0) is 4.74 Å². The number of rotatable bonds is 6. The molecule has 4 heteroatoms. The molecule has 0 amide bonds. The van der Waals surface area contributed by atoms with Crippen LogP contribution in [0.25, 0.3) is 0 Å². The summed E-state index contributed by atoms with van der Waals surface area (Å²) >= 11 is 0. The molecule has 0 unspecified atom stereocenters. The van der Waals surface area contributed by atoms with E-state index >= 15 is 0 Å². The number of ether oxygens (including phenoxy) is 1. The maximum Gasteiger partial charge on any atom is 0.337 e. The normalized spacial score (nSPS) is 15.9. The fraction of sp³-hybridized carbons (Fsp3) is 0.533. The molecule has 1 aromatic rings. The van der Waals surface area contributed by atoms with Crippen LogP contribution in [0.2, 0.25) is 0 Å². The Morgan fingerprint density at radius 2 is 2.21 bits per heavy atom. The lowest BCUT2D eigenvalue weighted by atomic mass is 10.0. The van der Waals surface area contributed by atoms with Crippen LogP contribution in [0.1, 0.15) is 43.0 Å². The van der Waals surface area contributed by atoms with Crippen molar-refractivity contribution in [1.82, 2.24) is 0 Å². The molecule has 4 nitrogen and oxygen atoms in total. The first kappa shape index (κ1) is 13.7. The van der Waals surface area contributed by atoms with E-state index < -0.39 is 0 Å². The van der Waals surface area contributed by atoms with E-state index in [4.69, 9.17) is 5.73 Å². The van der Waals surface area contributed by atoms with Crippen LogP contribution in [0.15, 0.2) is 18.2 Å². The third-order valence-corrected chi connectivity index (χ3v) is 3.86. The molecule has 0 radical (unpaired) electrons. The van der Waals surface area contributed by atoms with E-state index in [1.165, 1.54) is 32.8 Å². The number of anilines is 2. The van der Waals surface area contributed by atoms with Gasteiger partial charge >= 0.3 is 5.97 Å². The molecule has 0 spiro atoms. The summed E-state index contributed by atoms with van der Waals surface area (Å²) < 4.78 is 4.67. The van der Waals surface area contributed by atoms with Crippen molar-refractivity contribution in [2.24, 2.45) is 5.41 Å². The SMILES string of the molecule is CCCC1(CNc2ccc(C(=O)OC)cc2N)CC1. The van der Waals surface area contributed by atoms with Gasteiger partial charge in [0.05, 0.1) is 24.0 Å². The topological polar surface area (TPSA) is 64.3 Å². The minimum Gasteiger partial charge on any atom is -0.465 e. The van der Waals surface area contributed by atoms with Gasteiger partial charge in [0.2, 0.25) is 0 Å². The second-order valence-electron chi connectivity index (χ2n) is 5.40. The summed E-state index contributed by atoms with van der Waals surface area (Å²) in [5.74, 6) is -0.358. The molecule has 0 bridgehead atoms. The summed E-state index contributed by atoms with van der Waals surface area (Å²) in [7, 11) is 1.37. The van der Waals surface area contributed by atoms with Gasteiger partial charge in [-0.1, -0.05) is 13.3 Å². The summed E-state index contributed by atoms with van der Waals surface area (Å²) in [5, 5.41) is 3.41. The fourth-order valence-electron chi connectivity index (χ4n) is 2.47. The van der Waals surface area contributed by atoms with Crippen molar-refractivity contribution in [3.05, 3.63) is 23.8 Å². The molecule has 2 rings (SSSR count). The maximum atomic E-state index is 11.4.